The van der Waals surface area contributed by atoms with E-state index in [1.165, 1.54) is 17.8 Å². The van der Waals surface area contributed by atoms with Gasteiger partial charge in [0.15, 0.2) is 0 Å². The summed E-state index contributed by atoms with van der Waals surface area (Å²) in [4.78, 5) is 29.1. The number of aromatic nitrogens is 1. The van der Waals surface area contributed by atoms with Gasteiger partial charge in [0.05, 0.1) is 0 Å². The van der Waals surface area contributed by atoms with Crippen molar-refractivity contribution in [1.29, 1.82) is 0 Å². The highest BCUT2D eigenvalue weighted by Crippen LogP contribution is 2.21. The number of hydrogen-bond donors (Lipinski definition) is 2. The van der Waals surface area contributed by atoms with Gasteiger partial charge in [-0.1, -0.05) is 36.7 Å². The Hall–Kier alpha value is -3.18. The van der Waals surface area contributed by atoms with Crippen molar-refractivity contribution in [2.45, 2.75) is 20.3 Å². The van der Waals surface area contributed by atoms with Crippen molar-refractivity contribution in [2.24, 2.45) is 0 Å². The van der Waals surface area contributed by atoms with Crippen molar-refractivity contribution in [3.8, 4) is 0 Å². The lowest BCUT2D eigenvalue weighted by atomic mass is 10.1. The SMILES string of the molecule is CCc1ccc(NC(=O)c2ccnc(C(=O)Nc3cc(Cl)ccc3C)c2)cc1. The highest BCUT2D eigenvalue weighted by Gasteiger charge is 2.13. The van der Waals surface area contributed by atoms with Crippen LogP contribution < -0.4 is 10.6 Å². The normalized spacial score (nSPS) is 10.4. The lowest BCUT2D eigenvalue weighted by Crippen LogP contribution is -2.17. The number of rotatable bonds is 5. The average molecular weight is 394 g/mol. The van der Waals surface area contributed by atoms with Gasteiger partial charge in [-0.25, -0.2) is 0 Å². The minimum Gasteiger partial charge on any atom is -0.322 e. The molecule has 0 atom stereocenters. The fraction of sp³-hybridized carbons (Fsp3) is 0.136. The molecule has 0 unspecified atom stereocenters. The topological polar surface area (TPSA) is 71.1 Å². The summed E-state index contributed by atoms with van der Waals surface area (Å²) in [5.41, 5.74) is 3.86. The first-order valence-electron chi connectivity index (χ1n) is 8.90. The van der Waals surface area contributed by atoms with Gasteiger partial charge < -0.3 is 10.6 Å². The molecule has 5 nitrogen and oxygen atoms in total. The Labute approximate surface area is 168 Å². The molecule has 0 bridgehead atoms. The standard InChI is InChI=1S/C22H20ClN3O2/c1-3-15-5-8-18(9-6-15)25-21(27)16-10-11-24-20(12-16)22(28)26-19-13-17(23)7-4-14(19)2/h4-13H,3H2,1-2H3,(H,25,27)(H,26,28). The molecule has 0 aliphatic rings. The molecule has 1 aromatic heterocycles. The van der Waals surface area contributed by atoms with E-state index in [2.05, 4.69) is 22.5 Å². The highest BCUT2D eigenvalue weighted by molar-refractivity contribution is 6.31. The Morgan fingerprint density at radius 1 is 0.964 bits per heavy atom. The van der Waals surface area contributed by atoms with Gasteiger partial charge in [-0.05, 0) is 60.9 Å². The highest BCUT2D eigenvalue weighted by atomic mass is 35.5. The second kappa shape index (κ2) is 8.67. The van der Waals surface area contributed by atoms with Crippen molar-refractivity contribution in [1.82, 2.24) is 4.98 Å². The Kier molecular flexibility index (Phi) is 6.06. The van der Waals surface area contributed by atoms with Gasteiger partial charge in [-0.3, -0.25) is 14.6 Å². The molecule has 0 aliphatic carbocycles. The minimum absolute atomic E-state index is 0.147. The quantitative estimate of drug-likeness (QED) is 0.632. The van der Waals surface area contributed by atoms with Gasteiger partial charge in [-0.15, -0.1) is 0 Å². The lowest BCUT2D eigenvalue weighted by Gasteiger charge is -2.10. The molecule has 0 aliphatic heterocycles. The molecule has 142 valence electrons. The average Bonchev–Trinajstić information content (AvgIpc) is 2.71. The van der Waals surface area contributed by atoms with E-state index in [0.717, 1.165) is 12.0 Å². The predicted molar refractivity (Wildman–Crippen MR) is 112 cm³/mol. The predicted octanol–water partition coefficient (Wildman–Crippen LogP) is 5.11. The Bertz CT molecular complexity index is 1020. The molecule has 0 spiro atoms. The Morgan fingerprint density at radius 2 is 1.71 bits per heavy atom. The van der Waals surface area contributed by atoms with Gasteiger partial charge in [0.25, 0.3) is 11.8 Å². The summed E-state index contributed by atoms with van der Waals surface area (Å²) in [5.74, 6) is -0.716. The van der Waals surface area contributed by atoms with Crippen molar-refractivity contribution in [2.75, 3.05) is 10.6 Å². The fourth-order valence-corrected chi connectivity index (χ4v) is 2.81. The van der Waals surface area contributed by atoms with E-state index in [1.54, 1.807) is 18.2 Å². The van der Waals surface area contributed by atoms with Crippen LogP contribution in [0.5, 0.6) is 0 Å². The summed E-state index contributed by atoms with van der Waals surface area (Å²) in [7, 11) is 0. The van der Waals surface area contributed by atoms with Gasteiger partial charge in [0.1, 0.15) is 5.69 Å². The molecular formula is C22H20ClN3O2. The van der Waals surface area contributed by atoms with E-state index < -0.39 is 5.91 Å². The van der Waals surface area contributed by atoms with Crippen LogP contribution in [0.2, 0.25) is 5.02 Å². The zero-order valence-electron chi connectivity index (χ0n) is 15.6. The molecule has 3 aromatic rings. The summed E-state index contributed by atoms with van der Waals surface area (Å²) in [5, 5.41) is 6.13. The van der Waals surface area contributed by atoms with Gasteiger partial charge in [0, 0.05) is 28.2 Å². The number of aryl methyl sites for hydroxylation is 2. The molecule has 28 heavy (non-hydrogen) atoms. The maximum absolute atomic E-state index is 12.5. The Morgan fingerprint density at radius 3 is 2.43 bits per heavy atom. The zero-order chi connectivity index (χ0) is 20.1. The summed E-state index contributed by atoms with van der Waals surface area (Å²) in [6, 6.07) is 15.9. The largest absolute Gasteiger partial charge is 0.322 e. The molecule has 6 heteroatoms. The second-order valence-corrected chi connectivity index (χ2v) is 6.78. The van der Waals surface area contributed by atoms with E-state index in [1.807, 2.05) is 37.3 Å². The summed E-state index contributed by atoms with van der Waals surface area (Å²) in [6.45, 7) is 3.94. The van der Waals surface area contributed by atoms with Crippen molar-refractivity contribution in [3.05, 3.63) is 88.2 Å². The first kappa shape index (κ1) is 19.6. The first-order valence-corrected chi connectivity index (χ1v) is 9.28. The summed E-state index contributed by atoms with van der Waals surface area (Å²) in [6.07, 6.45) is 2.37. The van der Waals surface area contributed by atoms with Crippen LogP contribution >= 0.6 is 11.6 Å². The number of amides is 2. The third-order valence-electron chi connectivity index (χ3n) is 4.32. The maximum Gasteiger partial charge on any atom is 0.274 e. The van der Waals surface area contributed by atoms with Crippen molar-refractivity contribution in [3.63, 3.8) is 0 Å². The number of carbonyl (C=O) groups is 2. The number of hydrogen-bond acceptors (Lipinski definition) is 3. The van der Waals surface area contributed by atoms with Crippen LogP contribution in [0.25, 0.3) is 0 Å². The molecule has 2 amide bonds. The van der Waals surface area contributed by atoms with E-state index in [-0.39, 0.29) is 11.6 Å². The third kappa shape index (κ3) is 4.75. The summed E-state index contributed by atoms with van der Waals surface area (Å²) < 4.78 is 0. The molecular weight excluding hydrogens is 374 g/mol. The van der Waals surface area contributed by atoms with Gasteiger partial charge >= 0.3 is 0 Å². The number of anilines is 2. The van der Waals surface area contributed by atoms with Crippen LogP contribution in [0, 0.1) is 6.92 Å². The number of halogens is 1. The summed E-state index contributed by atoms with van der Waals surface area (Å²) >= 11 is 5.99. The molecule has 2 aromatic carbocycles. The first-order chi connectivity index (χ1) is 13.5. The second-order valence-electron chi connectivity index (χ2n) is 6.35. The van der Waals surface area contributed by atoms with E-state index in [4.69, 9.17) is 11.6 Å². The minimum atomic E-state index is -0.410. The molecule has 2 N–H and O–H groups in total. The molecule has 1 heterocycles. The van der Waals surface area contributed by atoms with Crippen LogP contribution in [0.1, 0.15) is 38.9 Å². The number of benzene rings is 2. The van der Waals surface area contributed by atoms with Gasteiger partial charge in [0.2, 0.25) is 0 Å². The molecule has 0 saturated heterocycles. The van der Waals surface area contributed by atoms with Crippen LogP contribution in [0.4, 0.5) is 11.4 Å². The molecule has 0 radical (unpaired) electrons. The van der Waals surface area contributed by atoms with Crippen LogP contribution in [-0.4, -0.2) is 16.8 Å². The number of nitrogens with zero attached hydrogens (tertiary/aromatic N) is 1. The van der Waals surface area contributed by atoms with Crippen molar-refractivity contribution < 1.29 is 9.59 Å². The monoisotopic (exact) mass is 393 g/mol. The van der Waals surface area contributed by atoms with E-state index in [9.17, 15) is 9.59 Å². The lowest BCUT2D eigenvalue weighted by molar-refractivity contribution is 0.102. The fourth-order valence-electron chi connectivity index (χ4n) is 2.64. The third-order valence-corrected chi connectivity index (χ3v) is 4.56. The smallest absolute Gasteiger partial charge is 0.274 e. The molecule has 3 rings (SSSR count). The van der Waals surface area contributed by atoms with Crippen LogP contribution in [0.3, 0.4) is 0 Å². The molecule has 0 saturated carbocycles. The van der Waals surface area contributed by atoms with Crippen LogP contribution in [-0.2, 0) is 6.42 Å². The van der Waals surface area contributed by atoms with Gasteiger partial charge in [-0.2, -0.15) is 0 Å². The number of carbonyl (C=O) groups excluding carboxylic acids is 2. The number of pyridine rings is 1. The van der Waals surface area contributed by atoms with Crippen LogP contribution in [0.15, 0.2) is 60.8 Å². The Balaban J connectivity index is 1.74. The van der Waals surface area contributed by atoms with Crippen molar-refractivity contribution >= 4 is 34.8 Å². The van der Waals surface area contributed by atoms with E-state index >= 15 is 0 Å². The zero-order valence-corrected chi connectivity index (χ0v) is 16.4. The molecule has 0 fully saturated rings. The van der Waals surface area contributed by atoms with E-state index in [0.29, 0.717) is 22.0 Å². The number of nitrogens with one attached hydrogen (secondary N) is 2. The maximum atomic E-state index is 12.5.